The van der Waals surface area contributed by atoms with Gasteiger partial charge in [0.2, 0.25) is 0 Å². The van der Waals surface area contributed by atoms with Crippen molar-refractivity contribution >= 4 is 11.6 Å². The van der Waals surface area contributed by atoms with Gasteiger partial charge in [-0.2, -0.15) is 0 Å². The Morgan fingerprint density at radius 1 is 1.33 bits per heavy atom. The molecule has 0 fully saturated rings. The molecule has 0 radical (unpaired) electrons. The quantitative estimate of drug-likeness (QED) is 0.799. The van der Waals surface area contributed by atoms with E-state index in [0.717, 1.165) is 32.6 Å². The fourth-order valence-corrected chi connectivity index (χ4v) is 2.34. The summed E-state index contributed by atoms with van der Waals surface area (Å²) in [5.41, 5.74) is 7.23. The SMILES string of the molecule is CCCn1cc(N)cc1C(=O)N(CCN(C)C)CC(C)C. The summed E-state index contributed by atoms with van der Waals surface area (Å²) in [4.78, 5) is 16.9. The Balaban J connectivity index is 2.92. The zero-order chi connectivity index (χ0) is 16.0. The number of nitrogens with zero attached hydrogens (tertiary/aromatic N) is 3. The fourth-order valence-electron chi connectivity index (χ4n) is 2.34. The van der Waals surface area contributed by atoms with Gasteiger partial charge in [-0.1, -0.05) is 20.8 Å². The molecule has 0 aliphatic heterocycles. The zero-order valence-electron chi connectivity index (χ0n) is 14.1. The van der Waals surface area contributed by atoms with Crippen LogP contribution in [0.3, 0.4) is 0 Å². The first-order chi connectivity index (χ1) is 9.85. The average Bonchev–Trinajstić information content (AvgIpc) is 2.74. The fraction of sp³-hybridized carbons (Fsp3) is 0.688. The van der Waals surface area contributed by atoms with Crippen molar-refractivity contribution in [3.8, 4) is 0 Å². The summed E-state index contributed by atoms with van der Waals surface area (Å²) in [6.07, 6.45) is 2.84. The van der Waals surface area contributed by atoms with Crippen molar-refractivity contribution in [3.63, 3.8) is 0 Å². The number of anilines is 1. The highest BCUT2D eigenvalue weighted by molar-refractivity contribution is 5.93. The largest absolute Gasteiger partial charge is 0.397 e. The molecular formula is C16H30N4O. The van der Waals surface area contributed by atoms with Crippen LogP contribution in [0.25, 0.3) is 0 Å². The van der Waals surface area contributed by atoms with Crippen molar-refractivity contribution in [3.05, 3.63) is 18.0 Å². The lowest BCUT2D eigenvalue weighted by Gasteiger charge is -2.26. The highest BCUT2D eigenvalue weighted by atomic mass is 16.2. The van der Waals surface area contributed by atoms with Crippen LogP contribution in [-0.2, 0) is 6.54 Å². The van der Waals surface area contributed by atoms with Gasteiger partial charge in [-0.3, -0.25) is 4.79 Å². The Kier molecular flexibility index (Phi) is 6.75. The molecule has 0 aliphatic carbocycles. The van der Waals surface area contributed by atoms with E-state index in [2.05, 4.69) is 25.7 Å². The van der Waals surface area contributed by atoms with Crippen molar-refractivity contribution in [1.29, 1.82) is 0 Å². The molecule has 5 nitrogen and oxygen atoms in total. The van der Waals surface area contributed by atoms with E-state index in [1.54, 1.807) is 6.07 Å². The van der Waals surface area contributed by atoms with Gasteiger partial charge in [-0.25, -0.2) is 0 Å². The van der Waals surface area contributed by atoms with Gasteiger partial charge in [-0.05, 0) is 32.5 Å². The predicted octanol–water partition coefficient (Wildman–Crippen LogP) is 2.14. The van der Waals surface area contributed by atoms with Crippen LogP contribution in [0.15, 0.2) is 12.3 Å². The minimum Gasteiger partial charge on any atom is -0.397 e. The molecule has 1 aromatic heterocycles. The summed E-state index contributed by atoms with van der Waals surface area (Å²) in [6.45, 7) is 9.56. The van der Waals surface area contributed by atoms with E-state index >= 15 is 0 Å². The van der Waals surface area contributed by atoms with E-state index in [1.165, 1.54) is 0 Å². The summed E-state index contributed by atoms with van der Waals surface area (Å²) < 4.78 is 1.97. The third kappa shape index (κ3) is 5.42. The number of nitrogens with two attached hydrogens (primary N) is 1. The number of aryl methyl sites for hydroxylation is 1. The number of carbonyl (C=O) groups excluding carboxylic acids is 1. The molecule has 1 aromatic rings. The van der Waals surface area contributed by atoms with Crippen LogP contribution in [0.4, 0.5) is 5.69 Å². The maximum absolute atomic E-state index is 12.8. The summed E-state index contributed by atoms with van der Waals surface area (Å²) in [5.74, 6) is 0.527. The molecule has 0 bridgehead atoms. The van der Waals surface area contributed by atoms with Crippen molar-refractivity contribution in [2.45, 2.75) is 33.7 Å². The standard InChI is InChI=1S/C16H30N4O/c1-6-7-19-12-14(17)10-15(19)16(21)20(11-13(2)3)9-8-18(4)5/h10,12-13H,6-9,11,17H2,1-5H3. The van der Waals surface area contributed by atoms with Crippen LogP contribution in [0.2, 0.25) is 0 Å². The third-order valence-corrected chi connectivity index (χ3v) is 3.29. The van der Waals surface area contributed by atoms with Crippen LogP contribution in [-0.4, -0.2) is 54.0 Å². The van der Waals surface area contributed by atoms with Crippen LogP contribution in [0.1, 0.15) is 37.7 Å². The molecule has 0 unspecified atom stereocenters. The number of rotatable bonds is 8. The third-order valence-electron chi connectivity index (χ3n) is 3.29. The average molecular weight is 294 g/mol. The Morgan fingerprint density at radius 3 is 2.52 bits per heavy atom. The summed E-state index contributed by atoms with van der Waals surface area (Å²) >= 11 is 0. The number of carbonyl (C=O) groups is 1. The number of likely N-dealkylation sites (N-methyl/N-ethyl adjacent to an activating group) is 1. The van der Waals surface area contributed by atoms with Crippen LogP contribution in [0.5, 0.6) is 0 Å². The van der Waals surface area contributed by atoms with Crippen LogP contribution >= 0.6 is 0 Å². The summed E-state index contributed by atoms with van der Waals surface area (Å²) in [5, 5.41) is 0. The van der Waals surface area contributed by atoms with Gasteiger partial charge in [0.25, 0.3) is 5.91 Å². The molecule has 1 amide bonds. The lowest BCUT2D eigenvalue weighted by atomic mass is 10.2. The molecular weight excluding hydrogens is 264 g/mol. The molecule has 5 heteroatoms. The zero-order valence-corrected chi connectivity index (χ0v) is 14.1. The summed E-state index contributed by atoms with van der Waals surface area (Å²) in [6, 6.07) is 1.79. The molecule has 2 N–H and O–H groups in total. The number of hydrogen-bond acceptors (Lipinski definition) is 3. The van der Waals surface area contributed by atoms with E-state index in [9.17, 15) is 4.79 Å². The molecule has 1 heterocycles. The Labute approximate surface area is 128 Å². The topological polar surface area (TPSA) is 54.5 Å². The first kappa shape index (κ1) is 17.6. The normalized spacial score (nSPS) is 11.4. The lowest BCUT2D eigenvalue weighted by Crippen LogP contribution is -2.39. The predicted molar refractivity (Wildman–Crippen MR) is 88.4 cm³/mol. The molecule has 0 spiro atoms. The molecule has 120 valence electrons. The van der Waals surface area contributed by atoms with E-state index in [0.29, 0.717) is 17.3 Å². The molecule has 0 aromatic carbocycles. The van der Waals surface area contributed by atoms with Crippen molar-refractivity contribution in [1.82, 2.24) is 14.4 Å². The Morgan fingerprint density at radius 2 is 2.00 bits per heavy atom. The van der Waals surface area contributed by atoms with E-state index < -0.39 is 0 Å². The van der Waals surface area contributed by atoms with Crippen molar-refractivity contribution in [2.75, 3.05) is 39.5 Å². The monoisotopic (exact) mass is 294 g/mol. The number of nitrogen functional groups attached to an aromatic ring is 1. The molecule has 21 heavy (non-hydrogen) atoms. The first-order valence-corrected chi connectivity index (χ1v) is 7.74. The maximum Gasteiger partial charge on any atom is 0.270 e. The van der Waals surface area contributed by atoms with E-state index in [1.807, 2.05) is 29.8 Å². The smallest absolute Gasteiger partial charge is 0.270 e. The van der Waals surface area contributed by atoms with Gasteiger partial charge < -0.3 is 20.1 Å². The van der Waals surface area contributed by atoms with Crippen LogP contribution in [0, 0.1) is 5.92 Å². The second-order valence-corrected chi connectivity index (χ2v) is 6.30. The van der Waals surface area contributed by atoms with Gasteiger partial charge in [0.1, 0.15) is 5.69 Å². The molecule has 1 rings (SSSR count). The lowest BCUT2D eigenvalue weighted by molar-refractivity contribution is 0.0713. The molecule has 0 atom stereocenters. The van der Waals surface area contributed by atoms with E-state index in [-0.39, 0.29) is 5.91 Å². The van der Waals surface area contributed by atoms with Gasteiger partial charge in [0, 0.05) is 32.4 Å². The maximum atomic E-state index is 12.8. The number of hydrogen-bond donors (Lipinski definition) is 1. The number of aromatic nitrogens is 1. The highest BCUT2D eigenvalue weighted by Crippen LogP contribution is 2.15. The van der Waals surface area contributed by atoms with Gasteiger partial charge in [0.05, 0.1) is 5.69 Å². The Bertz CT molecular complexity index is 451. The number of amides is 1. The first-order valence-electron chi connectivity index (χ1n) is 7.74. The minimum atomic E-state index is 0.0794. The van der Waals surface area contributed by atoms with Gasteiger partial charge in [-0.15, -0.1) is 0 Å². The highest BCUT2D eigenvalue weighted by Gasteiger charge is 2.20. The molecule has 0 saturated carbocycles. The van der Waals surface area contributed by atoms with Gasteiger partial charge in [0.15, 0.2) is 0 Å². The minimum absolute atomic E-state index is 0.0794. The molecule has 0 aliphatic rings. The second-order valence-electron chi connectivity index (χ2n) is 6.30. The van der Waals surface area contributed by atoms with Gasteiger partial charge >= 0.3 is 0 Å². The van der Waals surface area contributed by atoms with E-state index in [4.69, 9.17) is 5.73 Å². The molecule has 0 saturated heterocycles. The summed E-state index contributed by atoms with van der Waals surface area (Å²) in [7, 11) is 4.05. The van der Waals surface area contributed by atoms with Crippen LogP contribution < -0.4 is 5.73 Å². The van der Waals surface area contributed by atoms with Crippen molar-refractivity contribution < 1.29 is 4.79 Å². The Hall–Kier alpha value is -1.49. The van der Waals surface area contributed by atoms with Crippen molar-refractivity contribution in [2.24, 2.45) is 5.92 Å². The second kappa shape index (κ2) is 8.08.